The van der Waals surface area contributed by atoms with Crippen LogP contribution in [0.15, 0.2) is 30.3 Å². The number of aryl methyl sites for hydroxylation is 2. The Morgan fingerprint density at radius 1 is 1.08 bits per heavy atom. The first-order valence-corrected chi connectivity index (χ1v) is 13.3. The summed E-state index contributed by atoms with van der Waals surface area (Å²) in [4.78, 5) is 42.6. The SMILES string of the molecule is CCc1cccc(CC)c1N1C(=O)C2C(c3cc(Cl)cc(Cl)c3Cl)NC(C(=O)O)(C(C)CC)C2C1=O. The lowest BCUT2D eigenvalue weighted by molar-refractivity contribution is -0.151. The number of benzene rings is 2. The summed E-state index contributed by atoms with van der Waals surface area (Å²) in [5.74, 6) is -4.74. The van der Waals surface area contributed by atoms with Crippen molar-refractivity contribution in [2.24, 2.45) is 17.8 Å². The fourth-order valence-electron chi connectivity index (χ4n) is 5.92. The maximum atomic E-state index is 14.2. The van der Waals surface area contributed by atoms with E-state index in [0.29, 0.717) is 35.5 Å². The molecule has 0 saturated carbocycles. The van der Waals surface area contributed by atoms with Crippen molar-refractivity contribution >= 4 is 58.3 Å². The summed E-state index contributed by atoms with van der Waals surface area (Å²) >= 11 is 19.2. The van der Waals surface area contributed by atoms with Gasteiger partial charge in [0.15, 0.2) is 0 Å². The van der Waals surface area contributed by atoms with Gasteiger partial charge in [0.1, 0.15) is 5.54 Å². The molecular formula is C27H29Cl3N2O4. The van der Waals surface area contributed by atoms with E-state index in [1.807, 2.05) is 39.0 Å². The molecule has 0 spiro atoms. The molecule has 0 bridgehead atoms. The van der Waals surface area contributed by atoms with Gasteiger partial charge in [-0.3, -0.25) is 19.7 Å². The van der Waals surface area contributed by atoms with Gasteiger partial charge in [-0.2, -0.15) is 0 Å². The van der Waals surface area contributed by atoms with Gasteiger partial charge in [0.25, 0.3) is 0 Å². The second kappa shape index (κ2) is 9.97. The van der Waals surface area contributed by atoms with E-state index in [4.69, 9.17) is 34.8 Å². The number of hydrogen-bond acceptors (Lipinski definition) is 4. The van der Waals surface area contributed by atoms with Crippen molar-refractivity contribution in [2.75, 3.05) is 4.90 Å². The number of anilines is 1. The molecule has 2 heterocycles. The fourth-order valence-corrected chi connectivity index (χ4v) is 6.65. The number of hydrogen-bond donors (Lipinski definition) is 2. The summed E-state index contributed by atoms with van der Waals surface area (Å²) in [6.07, 6.45) is 1.71. The maximum Gasteiger partial charge on any atom is 0.325 e. The van der Waals surface area contributed by atoms with Crippen LogP contribution in [-0.2, 0) is 27.2 Å². The molecule has 6 nitrogen and oxygen atoms in total. The molecule has 2 aromatic carbocycles. The summed E-state index contributed by atoms with van der Waals surface area (Å²) < 4.78 is 0. The Kier molecular flexibility index (Phi) is 7.46. The van der Waals surface area contributed by atoms with E-state index in [1.165, 1.54) is 11.0 Å². The summed E-state index contributed by atoms with van der Waals surface area (Å²) in [6, 6.07) is 7.89. The van der Waals surface area contributed by atoms with Crippen LogP contribution in [0.25, 0.3) is 0 Å². The fraction of sp³-hybridized carbons (Fsp3) is 0.444. The molecular weight excluding hydrogens is 523 g/mol. The highest BCUT2D eigenvalue weighted by atomic mass is 35.5. The van der Waals surface area contributed by atoms with Crippen molar-refractivity contribution in [2.45, 2.75) is 58.5 Å². The molecule has 4 rings (SSSR count). The van der Waals surface area contributed by atoms with Gasteiger partial charge in [-0.15, -0.1) is 0 Å². The van der Waals surface area contributed by atoms with Crippen LogP contribution in [0.5, 0.6) is 0 Å². The Morgan fingerprint density at radius 3 is 2.22 bits per heavy atom. The zero-order valence-corrected chi connectivity index (χ0v) is 22.8. The Balaban J connectivity index is 1.99. The number of rotatable bonds is 7. The average Bonchev–Trinajstić information content (AvgIpc) is 3.34. The molecule has 2 saturated heterocycles. The summed E-state index contributed by atoms with van der Waals surface area (Å²) in [6.45, 7) is 7.57. The van der Waals surface area contributed by atoms with Gasteiger partial charge in [-0.25, -0.2) is 4.90 Å². The minimum absolute atomic E-state index is 0.171. The monoisotopic (exact) mass is 550 g/mol. The normalized spacial score (nSPS) is 26.4. The Bertz CT molecular complexity index is 1230. The van der Waals surface area contributed by atoms with E-state index in [0.717, 1.165) is 11.1 Å². The number of carbonyl (C=O) groups is 3. The third kappa shape index (κ3) is 3.85. The van der Waals surface area contributed by atoms with Crippen LogP contribution < -0.4 is 10.2 Å². The molecule has 2 aliphatic heterocycles. The van der Waals surface area contributed by atoms with Gasteiger partial charge in [0.05, 0.1) is 27.6 Å². The molecule has 0 aromatic heterocycles. The summed E-state index contributed by atoms with van der Waals surface area (Å²) in [7, 11) is 0. The van der Waals surface area contributed by atoms with E-state index in [-0.39, 0.29) is 10.0 Å². The minimum Gasteiger partial charge on any atom is -0.480 e. The second-order valence-electron chi connectivity index (χ2n) is 9.54. The molecule has 36 heavy (non-hydrogen) atoms. The Morgan fingerprint density at radius 2 is 1.69 bits per heavy atom. The van der Waals surface area contributed by atoms with Gasteiger partial charge >= 0.3 is 5.97 Å². The predicted molar refractivity (Wildman–Crippen MR) is 142 cm³/mol. The molecule has 2 fully saturated rings. The molecule has 0 radical (unpaired) electrons. The number of nitrogens with one attached hydrogen (secondary N) is 1. The molecule has 2 N–H and O–H groups in total. The molecule has 0 aliphatic carbocycles. The molecule has 9 heteroatoms. The molecule has 5 unspecified atom stereocenters. The number of halogens is 3. The van der Waals surface area contributed by atoms with Crippen molar-refractivity contribution < 1.29 is 19.5 Å². The van der Waals surface area contributed by atoms with Crippen LogP contribution in [0.2, 0.25) is 15.1 Å². The number of nitrogens with zero attached hydrogens (tertiary/aromatic N) is 1. The molecule has 192 valence electrons. The van der Waals surface area contributed by atoms with E-state index >= 15 is 0 Å². The van der Waals surface area contributed by atoms with E-state index in [1.54, 1.807) is 13.0 Å². The first-order chi connectivity index (χ1) is 17.0. The number of carboxylic acids is 1. The van der Waals surface area contributed by atoms with E-state index < -0.39 is 47.1 Å². The zero-order chi connectivity index (χ0) is 26.5. The quantitative estimate of drug-likeness (QED) is 0.321. The highest BCUT2D eigenvalue weighted by Gasteiger charge is 2.70. The summed E-state index contributed by atoms with van der Waals surface area (Å²) in [5, 5.41) is 14.4. The van der Waals surface area contributed by atoms with Crippen LogP contribution in [0.1, 0.15) is 56.8 Å². The van der Waals surface area contributed by atoms with Gasteiger partial charge in [-0.05, 0) is 47.6 Å². The van der Waals surface area contributed by atoms with Gasteiger partial charge in [0, 0.05) is 11.1 Å². The van der Waals surface area contributed by atoms with Crippen molar-refractivity contribution in [1.82, 2.24) is 5.32 Å². The topological polar surface area (TPSA) is 86.7 Å². The first kappa shape index (κ1) is 26.9. The Labute approximate surface area is 225 Å². The second-order valence-corrected chi connectivity index (χ2v) is 10.8. The smallest absolute Gasteiger partial charge is 0.325 e. The lowest BCUT2D eigenvalue weighted by Crippen LogP contribution is -2.60. The first-order valence-electron chi connectivity index (χ1n) is 12.2. The highest BCUT2D eigenvalue weighted by molar-refractivity contribution is 6.43. The molecule has 5 atom stereocenters. The zero-order valence-electron chi connectivity index (χ0n) is 20.6. The number of carboxylic acid groups (broad SMARTS) is 1. The van der Waals surface area contributed by atoms with Crippen molar-refractivity contribution in [3.05, 3.63) is 62.1 Å². The van der Waals surface area contributed by atoms with Crippen molar-refractivity contribution in [3.8, 4) is 0 Å². The number of imide groups is 1. The molecule has 2 amide bonds. The molecule has 2 aromatic rings. The lowest BCUT2D eigenvalue weighted by Gasteiger charge is -2.36. The average molecular weight is 552 g/mol. The van der Waals surface area contributed by atoms with E-state index in [9.17, 15) is 19.5 Å². The number of aliphatic carboxylic acids is 1. The Hall–Kier alpha value is -2.12. The number of carbonyl (C=O) groups excluding carboxylic acids is 2. The van der Waals surface area contributed by atoms with Crippen LogP contribution in [0.4, 0.5) is 5.69 Å². The van der Waals surface area contributed by atoms with Crippen LogP contribution in [0.3, 0.4) is 0 Å². The van der Waals surface area contributed by atoms with Gasteiger partial charge in [-0.1, -0.05) is 87.1 Å². The minimum atomic E-state index is -1.68. The number of para-hydroxylation sites is 1. The van der Waals surface area contributed by atoms with Crippen LogP contribution >= 0.6 is 34.8 Å². The largest absolute Gasteiger partial charge is 0.480 e. The maximum absolute atomic E-state index is 14.2. The third-order valence-corrected chi connectivity index (χ3v) is 8.92. The van der Waals surface area contributed by atoms with Crippen LogP contribution in [0, 0.1) is 17.8 Å². The predicted octanol–water partition coefficient (Wildman–Crippen LogP) is 6.09. The summed E-state index contributed by atoms with van der Waals surface area (Å²) in [5.41, 5.74) is 0.988. The lowest BCUT2D eigenvalue weighted by atomic mass is 9.72. The highest BCUT2D eigenvalue weighted by Crippen LogP contribution is 2.54. The number of amides is 2. The molecule has 2 aliphatic rings. The number of fused-ring (bicyclic) bond motifs is 1. The van der Waals surface area contributed by atoms with Crippen LogP contribution in [-0.4, -0.2) is 28.4 Å². The van der Waals surface area contributed by atoms with Crippen molar-refractivity contribution in [1.29, 1.82) is 0 Å². The third-order valence-electron chi connectivity index (χ3n) is 7.88. The van der Waals surface area contributed by atoms with Gasteiger partial charge in [0.2, 0.25) is 11.8 Å². The van der Waals surface area contributed by atoms with Gasteiger partial charge < -0.3 is 5.11 Å². The van der Waals surface area contributed by atoms with E-state index in [2.05, 4.69) is 5.32 Å². The van der Waals surface area contributed by atoms with Crippen molar-refractivity contribution in [3.63, 3.8) is 0 Å². The standard InChI is InChI=1S/C27H29Cl3N2O4/c1-5-13(4)27(26(35)36)20-19(22(31-27)17-11-16(28)12-18(29)21(17)30)24(33)32(25(20)34)23-14(6-2)9-8-10-15(23)7-3/h8-13,19-20,22,31H,5-7H2,1-4H3,(H,35,36).